The second-order valence-corrected chi connectivity index (χ2v) is 5.90. The lowest BCUT2D eigenvalue weighted by atomic mass is 10.0. The summed E-state index contributed by atoms with van der Waals surface area (Å²) in [5, 5.41) is 0. The van der Waals surface area contributed by atoms with Crippen LogP contribution in [-0.2, 0) is 16.0 Å². The van der Waals surface area contributed by atoms with E-state index in [2.05, 4.69) is 6.07 Å². The van der Waals surface area contributed by atoms with Crippen molar-refractivity contribution in [3.63, 3.8) is 0 Å². The second kappa shape index (κ2) is 6.29. The summed E-state index contributed by atoms with van der Waals surface area (Å²) in [6, 6.07) is 8.09. The highest BCUT2D eigenvalue weighted by Gasteiger charge is 2.26. The highest BCUT2D eigenvalue weighted by Crippen LogP contribution is 2.27. The lowest BCUT2D eigenvalue weighted by Gasteiger charge is -2.31. The summed E-state index contributed by atoms with van der Waals surface area (Å²) in [7, 11) is 0. The van der Waals surface area contributed by atoms with Gasteiger partial charge in [-0.25, -0.2) is 0 Å². The number of para-hydroxylation sites is 1. The molecule has 2 aliphatic rings. The third-order valence-electron chi connectivity index (χ3n) is 4.41. The molecule has 0 radical (unpaired) electrons. The van der Waals surface area contributed by atoms with Crippen LogP contribution in [0, 0.1) is 0 Å². The molecule has 2 aliphatic heterocycles. The minimum Gasteiger partial charge on any atom is -0.333 e. The van der Waals surface area contributed by atoms with Crippen molar-refractivity contribution in [3.05, 3.63) is 29.8 Å². The summed E-state index contributed by atoms with van der Waals surface area (Å²) in [5.74, 6) is 0.184. The van der Waals surface area contributed by atoms with Crippen LogP contribution in [0.5, 0.6) is 0 Å². The fourth-order valence-electron chi connectivity index (χ4n) is 3.25. The number of likely N-dealkylation sites (tertiary alicyclic amines) is 1. The Hall–Kier alpha value is -1.84. The van der Waals surface area contributed by atoms with E-state index in [1.807, 2.05) is 23.1 Å². The molecule has 112 valence electrons. The second-order valence-electron chi connectivity index (χ2n) is 5.90. The molecule has 1 aromatic rings. The van der Waals surface area contributed by atoms with Crippen molar-refractivity contribution in [1.29, 1.82) is 0 Å². The molecule has 3 rings (SSSR count). The Kier molecular flexibility index (Phi) is 4.23. The number of hydrogen-bond donors (Lipinski definition) is 0. The highest BCUT2D eigenvalue weighted by molar-refractivity contribution is 5.97. The molecule has 21 heavy (non-hydrogen) atoms. The number of benzene rings is 1. The van der Waals surface area contributed by atoms with E-state index >= 15 is 0 Å². The van der Waals surface area contributed by atoms with Crippen molar-refractivity contribution in [2.75, 3.05) is 24.5 Å². The van der Waals surface area contributed by atoms with Gasteiger partial charge >= 0.3 is 0 Å². The van der Waals surface area contributed by atoms with Gasteiger partial charge in [0.1, 0.15) is 6.54 Å². The molecule has 0 aromatic heterocycles. The van der Waals surface area contributed by atoms with Crippen LogP contribution in [0.3, 0.4) is 0 Å². The van der Waals surface area contributed by atoms with E-state index in [1.54, 1.807) is 4.90 Å². The maximum absolute atomic E-state index is 12.6. The van der Waals surface area contributed by atoms with Gasteiger partial charge in [-0.15, -0.1) is 0 Å². The van der Waals surface area contributed by atoms with Crippen LogP contribution in [0.15, 0.2) is 24.3 Å². The van der Waals surface area contributed by atoms with Crippen molar-refractivity contribution < 1.29 is 9.59 Å². The molecular formula is C17H22N2O2. The molecule has 0 unspecified atom stereocenters. The van der Waals surface area contributed by atoms with E-state index in [9.17, 15) is 9.59 Å². The zero-order valence-electron chi connectivity index (χ0n) is 12.4. The first-order valence-corrected chi connectivity index (χ1v) is 7.92. The van der Waals surface area contributed by atoms with E-state index in [1.165, 1.54) is 5.56 Å². The van der Waals surface area contributed by atoms with E-state index in [0.717, 1.165) is 50.9 Å². The van der Waals surface area contributed by atoms with Crippen LogP contribution in [-0.4, -0.2) is 36.3 Å². The topological polar surface area (TPSA) is 40.6 Å². The maximum Gasteiger partial charge on any atom is 0.246 e. The Morgan fingerprint density at radius 1 is 1.00 bits per heavy atom. The fraction of sp³-hybridized carbons (Fsp3) is 0.529. The monoisotopic (exact) mass is 286 g/mol. The van der Waals surface area contributed by atoms with E-state index in [0.29, 0.717) is 6.42 Å². The SMILES string of the molecule is O=C1CCCCCN1CC(=O)N1CCCc2ccccc21. The molecule has 1 saturated heterocycles. The summed E-state index contributed by atoms with van der Waals surface area (Å²) in [5.41, 5.74) is 2.26. The van der Waals surface area contributed by atoms with Crippen molar-refractivity contribution >= 4 is 17.5 Å². The van der Waals surface area contributed by atoms with Gasteiger partial charge in [0.05, 0.1) is 0 Å². The van der Waals surface area contributed by atoms with Crippen molar-refractivity contribution in [3.8, 4) is 0 Å². The standard InChI is InChI=1S/C17H22N2O2/c20-16-10-2-1-5-11-18(16)13-17(21)19-12-6-8-14-7-3-4-9-15(14)19/h3-4,7,9H,1-2,5-6,8,10-13H2. The van der Waals surface area contributed by atoms with Gasteiger partial charge in [0.15, 0.2) is 0 Å². The number of carbonyl (C=O) groups is 2. The van der Waals surface area contributed by atoms with Gasteiger partial charge in [-0.05, 0) is 37.3 Å². The zero-order chi connectivity index (χ0) is 14.7. The Bertz CT molecular complexity index is 541. The Labute approximate surface area is 125 Å². The molecular weight excluding hydrogens is 264 g/mol. The number of fused-ring (bicyclic) bond motifs is 1. The minimum atomic E-state index is 0.0531. The number of nitrogens with zero attached hydrogens (tertiary/aromatic N) is 2. The lowest BCUT2D eigenvalue weighted by Crippen LogP contribution is -2.44. The molecule has 0 aliphatic carbocycles. The van der Waals surface area contributed by atoms with Crippen LogP contribution in [0.4, 0.5) is 5.69 Å². The molecule has 0 N–H and O–H groups in total. The molecule has 4 heteroatoms. The molecule has 0 atom stereocenters. The summed E-state index contributed by atoms with van der Waals surface area (Å²) in [6.07, 6.45) is 5.66. The van der Waals surface area contributed by atoms with Crippen LogP contribution in [0.2, 0.25) is 0 Å². The highest BCUT2D eigenvalue weighted by atomic mass is 16.2. The molecule has 4 nitrogen and oxygen atoms in total. The van der Waals surface area contributed by atoms with Gasteiger partial charge in [-0.3, -0.25) is 9.59 Å². The maximum atomic E-state index is 12.6. The van der Waals surface area contributed by atoms with Gasteiger partial charge in [0, 0.05) is 25.2 Å². The van der Waals surface area contributed by atoms with Crippen LogP contribution < -0.4 is 4.90 Å². The predicted octanol–water partition coefficient (Wildman–Crippen LogP) is 2.37. The number of amides is 2. The number of rotatable bonds is 2. The van der Waals surface area contributed by atoms with Crippen molar-refractivity contribution in [2.45, 2.75) is 38.5 Å². The zero-order valence-corrected chi connectivity index (χ0v) is 12.4. The minimum absolute atomic E-state index is 0.0531. The molecule has 1 aromatic carbocycles. The molecule has 2 heterocycles. The van der Waals surface area contributed by atoms with E-state index in [-0.39, 0.29) is 18.4 Å². The fourth-order valence-corrected chi connectivity index (χ4v) is 3.25. The number of anilines is 1. The van der Waals surface area contributed by atoms with Crippen molar-refractivity contribution in [1.82, 2.24) is 4.90 Å². The summed E-state index contributed by atoms with van der Waals surface area (Å²) in [6.45, 7) is 1.71. The van der Waals surface area contributed by atoms with Gasteiger partial charge in [0.25, 0.3) is 0 Å². The summed E-state index contributed by atoms with van der Waals surface area (Å²) < 4.78 is 0. The number of carbonyl (C=O) groups excluding carboxylic acids is 2. The molecule has 2 amide bonds. The molecule has 1 fully saturated rings. The number of hydrogen-bond acceptors (Lipinski definition) is 2. The average Bonchev–Trinajstić information content (AvgIpc) is 2.71. The quantitative estimate of drug-likeness (QED) is 0.837. The third-order valence-corrected chi connectivity index (χ3v) is 4.41. The Morgan fingerprint density at radius 3 is 2.76 bits per heavy atom. The van der Waals surface area contributed by atoms with Gasteiger partial charge in [-0.2, -0.15) is 0 Å². The first-order chi connectivity index (χ1) is 10.3. The van der Waals surface area contributed by atoms with Crippen LogP contribution in [0.1, 0.15) is 37.7 Å². The summed E-state index contributed by atoms with van der Waals surface area (Å²) >= 11 is 0. The van der Waals surface area contributed by atoms with Crippen LogP contribution >= 0.6 is 0 Å². The van der Waals surface area contributed by atoms with Gasteiger partial charge in [0.2, 0.25) is 11.8 Å². The Balaban J connectivity index is 1.72. The summed E-state index contributed by atoms with van der Waals surface area (Å²) in [4.78, 5) is 28.3. The Morgan fingerprint density at radius 2 is 1.86 bits per heavy atom. The predicted molar refractivity (Wildman–Crippen MR) is 82.2 cm³/mol. The third kappa shape index (κ3) is 3.09. The van der Waals surface area contributed by atoms with Crippen LogP contribution in [0.25, 0.3) is 0 Å². The smallest absolute Gasteiger partial charge is 0.246 e. The molecule has 0 bridgehead atoms. The van der Waals surface area contributed by atoms with E-state index in [4.69, 9.17) is 0 Å². The first kappa shape index (κ1) is 14.1. The molecule has 0 spiro atoms. The normalized spacial score (nSPS) is 19.1. The first-order valence-electron chi connectivity index (χ1n) is 7.92. The average molecular weight is 286 g/mol. The molecule has 0 saturated carbocycles. The van der Waals surface area contributed by atoms with Gasteiger partial charge < -0.3 is 9.80 Å². The van der Waals surface area contributed by atoms with Gasteiger partial charge in [-0.1, -0.05) is 24.6 Å². The number of aryl methyl sites for hydroxylation is 1. The lowest BCUT2D eigenvalue weighted by molar-refractivity contribution is -0.134. The largest absolute Gasteiger partial charge is 0.333 e. The van der Waals surface area contributed by atoms with E-state index < -0.39 is 0 Å². The van der Waals surface area contributed by atoms with Crippen molar-refractivity contribution in [2.24, 2.45) is 0 Å².